The molecule has 116 valence electrons. The van der Waals surface area contributed by atoms with Crippen LogP contribution in [0.15, 0.2) is 18.2 Å². The van der Waals surface area contributed by atoms with Gasteiger partial charge in [0.05, 0.1) is 10.6 Å². The van der Waals surface area contributed by atoms with Gasteiger partial charge >= 0.3 is 0 Å². The van der Waals surface area contributed by atoms with E-state index in [-0.39, 0.29) is 28.9 Å². The maximum Gasteiger partial charge on any atom is 0.250 e. The summed E-state index contributed by atoms with van der Waals surface area (Å²) in [6, 6.07) is 4.71. The molecule has 5 nitrogen and oxygen atoms in total. The Morgan fingerprint density at radius 1 is 1.43 bits per heavy atom. The number of rotatable bonds is 5. The Hall–Kier alpha value is -1.30. The summed E-state index contributed by atoms with van der Waals surface area (Å²) >= 11 is 5.85. The fraction of sp³-hybridized carbons (Fsp3) is 0.429. The van der Waals surface area contributed by atoms with Crippen LogP contribution in [0.4, 0.5) is 5.69 Å². The van der Waals surface area contributed by atoms with E-state index in [4.69, 9.17) is 17.3 Å². The van der Waals surface area contributed by atoms with Crippen LogP contribution in [0.1, 0.15) is 29.6 Å². The Kier molecular flexibility index (Phi) is 6.95. The van der Waals surface area contributed by atoms with E-state index in [2.05, 4.69) is 10.6 Å². The lowest BCUT2D eigenvalue weighted by Crippen LogP contribution is -2.16. The molecule has 1 fully saturated rings. The van der Waals surface area contributed by atoms with Gasteiger partial charge in [0, 0.05) is 12.1 Å². The summed E-state index contributed by atoms with van der Waals surface area (Å²) in [5.74, 6) is -0.0927. The third-order valence-electron chi connectivity index (χ3n) is 3.46. The van der Waals surface area contributed by atoms with Gasteiger partial charge in [-0.05, 0) is 50.0 Å². The number of benzene rings is 1. The summed E-state index contributed by atoms with van der Waals surface area (Å²) in [6.45, 7) is 2.02. The van der Waals surface area contributed by atoms with Crippen LogP contribution < -0.4 is 16.4 Å². The van der Waals surface area contributed by atoms with Crippen LogP contribution in [-0.2, 0) is 4.79 Å². The van der Waals surface area contributed by atoms with Gasteiger partial charge in [-0.15, -0.1) is 12.4 Å². The van der Waals surface area contributed by atoms with Crippen molar-refractivity contribution in [3.8, 4) is 0 Å². The highest BCUT2D eigenvalue weighted by molar-refractivity contribution is 6.33. The summed E-state index contributed by atoms with van der Waals surface area (Å²) in [5.41, 5.74) is 5.96. The van der Waals surface area contributed by atoms with Gasteiger partial charge in [0.1, 0.15) is 0 Å². The Balaban J connectivity index is 0.00000220. The first kappa shape index (κ1) is 17.8. The molecule has 0 saturated carbocycles. The standard InChI is InChI=1S/C14H18ClN3O2.ClH/c15-12-3-2-10(7-11(12)14(16)20)18-13(19)4-1-9-5-6-17-8-9;/h2-3,7,9,17H,1,4-6,8H2,(H2,16,20)(H,18,19);1H. The summed E-state index contributed by atoms with van der Waals surface area (Å²) in [7, 11) is 0. The lowest BCUT2D eigenvalue weighted by atomic mass is 10.0. The maximum atomic E-state index is 11.9. The average Bonchev–Trinajstić information content (AvgIpc) is 2.91. The van der Waals surface area contributed by atoms with Gasteiger partial charge in [0.2, 0.25) is 11.8 Å². The lowest BCUT2D eigenvalue weighted by molar-refractivity contribution is -0.116. The van der Waals surface area contributed by atoms with Crippen LogP contribution in [0.5, 0.6) is 0 Å². The van der Waals surface area contributed by atoms with Crippen molar-refractivity contribution in [1.29, 1.82) is 0 Å². The second-order valence-electron chi connectivity index (χ2n) is 5.00. The van der Waals surface area contributed by atoms with E-state index < -0.39 is 5.91 Å². The molecule has 0 spiro atoms. The van der Waals surface area contributed by atoms with Crippen molar-refractivity contribution in [2.45, 2.75) is 19.3 Å². The Labute approximate surface area is 135 Å². The zero-order chi connectivity index (χ0) is 14.5. The SMILES string of the molecule is Cl.NC(=O)c1cc(NC(=O)CCC2CCNC2)ccc1Cl. The molecule has 2 amide bonds. The number of halogens is 2. The third-order valence-corrected chi connectivity index (χ3v) is 3.79. The molecule has 1 aliphatic heterocycles. The molecule has 4 N–H and O–H groups in total. The number of hydrogen-bond donors (Lipinski definition) is 3. The molecule has 1 aromatic carbocycles. The molecule has 1 aliphatic rings. The molecule has 1 heterocycles. The van der Waals surface area contributed by atoms with Gasteiger partial charge in [0.15, 0.2) is 0 Å². The van der Waals surface area contributed by atoms with Gasteiger partial charge in [-0.2, -0.15) is 0 Å². The first-order chi connectivity index (χ1) is 9.56. The number of carbonyl (C=O) groups is 2. The predicted molar refractivity (Wildman–Crippen MR) is 86.1 cm³/mol. The second kappa shape index (κ2) is 8.22. The lowest BCUT2D eigenvalue weighted by Gasteiger charge is -2.09. The van der Waals surface area contributed by atoms with Crippen molar-refractivity contribution in [2.24, 2.45) is 11.7 Å². The van der Waals surface area contributed by atoms with E-state index in [0.717, 1.165) is 25.9 Å². The fourth-order valence-corrected chi connectivity index (χ4v) is 2.52. The normalized spacial score (nSPS) is 17.1. The van der Waals surface area contributed by atoms with E-state index in [9.17, 15) is 9.59 Å². The van der Waals surface area contributed by atoms with Crippen molar-refractivity contribution in [3.63, 3.8) is 0 Å². The minimum Gasteiger partial charge on any atom is -0.366 e. The predicted octanol–water partition coefficient (Wildman–Crippen LogP) is 2.19. The zero-order valence-corrected chi connectivity index (χ0v) is 13.1. The van der Waals surface area contributed by atoms with E-state index >= 15 is 0 Å². The number of primary amides is 1. The number of amides is 2. The van der Waals surface area contributed by atoms with Gasteiger partial charge < -0.3 is 16.4 Å². The Morgan fingerprint density at radius 2 is 2.19 bits per heavy atom. The van der Waals surface area contributed by atoms with E-state index in [1.54, 1.807) is 12.1 Å². The van der Waals surface area contributed by atoms with Gasteiger partial charge in [-0.3, -0.25) is 9.59 Å². The van der Waals surface area contributed by atoms with Crippen molar-refractivity contribution < 1.29 is 9.59 Å². The Morgan fingerprint density at radius 3 is 2.81 bits per heavy atom. The summed E-state index contributed by atoms with van der Waals surface area (Å²) in [4.78, 5) is 23.0. The molecule has 0 radical (unpaired) electrons. The quantitative estimate of drug-likeness (QED) is 0.773. The molecule has 1 atom stereocenters. The van der Waals surface area contributed by atoms with Crippen molar-refractivity contribution >= 4 is 41.5 Å². The highest BCUT2D eigenvalue weighted by atomic mass is 35.5. The fourth-order valence-electron chi connectivity index (χ4n) is 2.31. The van der Waals surface area contributed by atoms with Crippen LogP contribution in [0, 0.1) is 5.92 Å². The summed E-state index contributed by atoms with van der Waals surface area (Å²) in [6.07, 6.45) is 2.47. The molecular weight excluding hydrogens is 313 g/mol. The molecule has 1 saturated heterocycles. The molecule has 0 bridgehead atoms. The van der Waals surface area contributed by atoms with Crippen molar-refractivity contribution in [2.75, 3.05) is 18.4 Å². The van der Waals surface area contributed by atoms with E-state index in [1.165, 1.54) is 6.07 Å². The van der Waals surface area contributed by atoms with Gasteiger partial charge in [0.25, 0.3) is 0 Å². The maximum absolute atomic E-state index is 11.9. The second-order valence-corrected chi connectivity index (χ2v) is 5.41. The zero-order valence-electron chi connectivity index (χ0n) is 11.5. The molecule has 1 unspecified atom stereocenters. The smallest absolute Gasteiger partial charge is 0.250 e. The first-order valence-electron chi connectivity index (χ1n) is 6.66. The molecule has 1 aromatic rings. The molecule has 7 heteroatoms. The summed E-state index contributed by atoms with van der Waals surface area (Å²) in [5, 5.41) is 6.32. The minimum absolute atomic E-state index is 0. The number of carbonyl (C=O) groups excluding carboxylic acids is 2. The summed E-state index contributed by atoms with van der Waals surface area (Å²) < 4.78 is 0. The Bertz CT molecular complexity index is 517. The van der Waals surface area contributed by atoms with Crippen molar-refractivity contribution in [1.82, 2.24) is 5.32 Å². The molecular formula is C14H19Cl2N3O2. The van der Waals surface area contributed by atoms with Crippen LogP contribution in [0.25, 0.3) is 0 Å². The van der Waals surface area contributed by atoms with Crippen LogP contribution in [0.3, 0.4) is 0 Å². The van der Waals surface area contributed by atoms with Crippen molar-refractivity contribution in [3.05, 3.63) is 28.8 Å². The van der Waals surface area contributed by atoms with Gasteiger partial charge in [-0.25, -0.2) is 0 Å². The average molecular weight is 332 g/mol. The first-order valence-corrected chi connectivity index (χ1v) is 7.04. The number of nitrogens with two attached hydrogens (primary N) is 1. The van der Waals surface area contributed by atoms with Gasteiger partial charge in [-0.1, -0.05) is 11.6 Å². The van der Waals surface area contributed by atoms with Crippen LogP contribution in [0.2, 0.25) is 5.02 Å². The highest BCUT2D eigenvalue weighted by Crippen LogP contribution is 2.21. The molecule has 0 aromatic heterocycles. The van der Waals surface area contributed by atoms with E-state index in [1.807, 2.05) is 0 Å². The van der Waals surface area contributed by atoms with Crippen LogP contribution >= 0.6 is 24.0 Å². The monoisotopic (exact) mass is 331 g/mol. The third kappa shape index (κ3) is 5.19. The highest BCUT2D eigenvalue weighted by Gasteiger charge is 2.16. The topological polar surface area (TPSA) is 84.2 Å². The number of hydrogen-bond acceptors (Lipinski definition) is 3. The number of anilines is 1. The molecule has 2 rings (SSSR count). The molecule has 21 heavy (non-hydrogen) atoms. The largest absolute Gasteiger partial charge is 0.366 e. The van der Waals surface area contributed by atoms with E-state index in [0.29, 0.717) is 18.0 Å². The van der Waals surface area contributed by atoms with Crippen LogP contribution in [-0.4, -0.2) is 24.9 Å². The minimum atomic E-state index is -0.608. The molecule has 0 aliphatic carbocycles. The number of nitrogens with one attached hydrogen (secondary N) is 2.